The van der Waals surface area contributed by atoms with E-state index in [4.69, 9.17) is 0 Å². The van der Waals surface area contributed by atoms with E-state index in [1.807, 2.05) is 0 Å². The SMILES string of the molecule is FC(F)c1c(I)cnc(Br)c1C(F)(F)F. The highest BCUT2D eigenvalue weighted by Crippen LogP contribution is 2.41. The summed E-state index contributed by atoms with van der Waals surface area (Å²) in [6.45, 7) is 0. The zero-order valence-corrected chi connectivity index (χ0v) is 10.5. The molecule has 0 unspecified atom stereocenters. The third kappa shape index (κ3) is 2.77. The molecule has 0 saturated carbocycles. The molecule has 0 aromatic carbocycles. The van der Waals surface area contributed by atoms with Gasteiger partial charge in [-0.1, -0.05) is 0 Å². The minimum atomic E-state index is -4.85. The molecule has 0 fully saturated rings. The Labute approximate surface area is 103 Å². The summed E-state index contributed by atoms with van der Waals surface area (Å²) in [5.41, 5.74) is -2.45. The molecule has 0 aliphatic heterocycles. The van der Waals surface area contributed by atoms with Crippen LogP contribution in [0.1, 0.15) is 17.6 Å². The van der Waals surface area contributed by atoms with Gasteiger partial charge in [-0.3, -0.25) is 0 Å². The Morgan fingerprint density at radius 2 is 1.87 bits per heavy atom. The quantitative estimate of drug-likeness (QED) is 0.386. The molecular weight excluding hydrogens is 400 g/mol. The molecule has 15 heavy (non-hydrogen) atoms. The van der Waals surface area contributed by atoms with Crippen molar-refractivity contribution in [3.63, 3.8) is 0 Å². The Morgan fingerprint density at radius 1 is 1.33 bits per heavy atom. The van der Waals surface area contributed by atoms with E-state index in [0.29, 0.717) is 0 Å². The van der Waals surface area contributed by atoms with Crippen LogP contribution >= 0.6 is 38.5 Å². The predicted octanol–water partition coefficient (Wildman–Crippen LogP) is 4.41. The third-order valence-corrected chi connectivity index (χ3v) is 2.99. The zero-order chi connectivity index (χ0) is 11.8. The van der Waals surface area contributed by atoms with E-state index in [9.17, 15) is 22.0 Å². The van der Waals surface area contributed by atoms with Crippen LogP contribution < -0.4 is 0 Å². The van der Waals surface area contributed by atoms with Gasteiger partial charge in [0, 0.05) is 15.3 Å². The Bertz CT molecular complexity index is 378. The second kappa shape index (κ2) is 4.48. The van der Waals surface area contributed by atoms with E-state index in [0.717, 1.165) is 6.20 Å². The smallest absolute Gasteiger partial charge is 0.248 e. The van der Waals surface area contributed by atoms with Crippen LogP contribution in [0.25, 0.3) is 0 Å². The predicted molar refractivity (Wildman–Crippen MR) is 54.6 cm³/mol. The first-order chi connectivity index (χ1) is 6.75. The van der Waals surface area contributed by atoms with Crippen molar-refractivity contribution in [3.8, 4) is 0 Å². The topological polar surface area (TPSA) is 12.9 Å². The van der Waals surface area contributed by atoms with Crippen LogP contribution in [0.4, 0.5) is 22.0 Å². The summed E-state index contributed by atoms with van der Waals surface area (Å²) in [6, 6.07) is 0. The Morgan fingerprint density at radius 3 is 2.20 bits per heavy atom. The van der Waals surface area contributed by atoms with Gasteiger partial charge in [0.25, 0.3) is 6.43 Å². The highest BCUT2D eigenvalue weighted by atomic mass is 127. The Balaban J connectivity index is 3.53. The van der Waals surface area contributed by atoms with Gasteiger partial charge in [-0.25, -0.2) is 13.8 Å². The van der Waals surface area contributed by atoms with E-state index in [-0.39, 0.29) is 3.57 Å². The highest BCUT2D eigenvalue weighted by molar-refractivity contribution is 14.1. The van der Waals surface area contributed by atoms with Crippen molar-refractivity contribution in [2.75, 3.05) is 0 Å². The van der Waals surface area contributed by atoms with Gasteiger partial charge in [-0.2, -0.15) is 13.2 Å². The number of nitrogens with zero attached hydrogens (tertiary/aromatic N) is 1. The molecule has 0 spiro atoms. The van der Waals surface area contributed by atoms with Crippen molar-refractivity contribution in [2.24, 2.45) is 0 Å². The second-order valence-electron chi connectivity index (χ2n) is 2.48. The monoisotopic (exact) mass is 401 g/mol. The number of hydrogen-bond donors (Lipinski definition) is 0. The minimum absolute atomic E-state index is 0.210. The van der Waals surface area contributed by atoms with Crippen molar-refractivity contribution >= 4 is 38.5 Å². The van der Waals surface area contributed by atoms with Crippen LogP contribution in [0.3, 0.4) is 0 Å². The third-order valence-electron chi connectivity index (χ3n) is 1.53. The number of alkyl halides is 5. The van der Waals surface area contributed by atoms with Crippen molar-refractivity contribution < 1.29 is 22.0 Å². The van der Waals surface area contributed by atoms with Gasteiger partial charge in [0.15, 0.2) is 0 Å². The number of aromatic nitrogens is 1. The van der Waals surface area contributed by atoms with Gasteiger partial charge in [-0.05, 0) is 38.5 Å². The lowest BCUT2D eigenvalue weighted by atomic mass is 10.1. The lowest BCUT2D eigenvalue weighted by Crippen LogP contribution is -2.13. The zero-order valence-electron chi connectivity index (χ0n) is 6.75. The Hall–Kier alpha value is 0.01000. The molecular formula is C7H2BrF5IN. The minimum Gasteiger partial charge on any atom is -0.248 e. The maximum Gasteiger partial charge on any atom is 0.419 e. The molecule has 0 N–H and O–H groups in total. The first kappa shape index (κ1) is 13.1. The molecule has 0 amide bonds. The number of rotatable bonds is 1. The summed E-state index contributed by atoms with van der Waals surface area (Å²) < 4.78 is 61.4. The van der Waals surface area contributed by atoms with E-state index in [2.05, 4.69) is 20.9 Å². The number of pyridine rings is 1. The standard InChI is InChI=1S/C7H2BrF5IN/c8-5-4(7(11,12)13)3(6(9)10)2(14)1-15-5/h1,6H. The van der Waals surface area contributed by atoms with Gasteiger partial charge < -0.3 is 0 Å². The van der Waals surface area contributed by atoms with Crippen LogP contribution in [-0.2, 0) is 6.18 Å². The first-order valence-electron chi connectivity index (χ1n) is 3.44. The molecule has 1 aromatic heterocycles. The second-order valence-corrected chi connectivity index (χ2v) is 4.40. The van der Waals surface area contributed by atoms with E-state index >= 15 is 0 Å². The van der Waals surface area contributed by atoms with Crippen molar-refractivity contribution in [1.29, 1.82) is 0 Å². The summed E-state index contributed by atoms with van der Waals surface area (Å²) in [4.78, 5) is 3.34. The maximum absolute atomic E-state index is 12.4. The summed E-state index contributed by atoms with van der Waals surface area (Å²) in [7, 11) is 0. The van der Waals surface area contributed by atoms with Crippen molar-refractivity contribution in [1.82, 2.24) is 4.98 Å². The summed E-state index contributed by atoms with van der Waals surface area (Å²) in [6.07, 6.45) is -7.08. The molecule has 1 nitrogen and oxygen atoms in total. The van der Waals surface area contributed by atoms with E-state index in [1.165, 1.54) is 22.6 Å². The first-order valence-corrected chi connectivity index (χ1v) is 5.31. The molecule has 0 aliphatic carbocycles. The number of hydrogen-bond acceptors (Lipinski definition) is 1. The van der Waals surface area contributed by atoms with Crippen LogP contribution in [-0.4, -0.2) is 4.98 Å². The molecule has 0 bridgehead atoms. The summed E-state index contributed by atoms with van der Waals surface area (Å²) in [5.74, 6) is 0. The highest BCUT2D eigenvalue weighted by Gasteiger charge is 2.39. The van der Waals surface area contributed by atoms with Gasteiger partial charge in [0.1, 0.15) is 4.60 Å². The van der Waals surface area contributed by atoms with Crippen molar-refractivity contribution in [2.45, 2.75) is 12.6 Å². The van der Waals surface area contributed by atoms with Crippen LogP contribution in [0.2, 0.25) is 0 Å². The van der Waals surface area contributed by atoms with Gasteiger partial charge in [0.2, 0.25) is 0 Å². The average Bonchev–Trinajstić information content (AvgIpc) is 2.05. The molecule has 0 aliphatic rings. The number of halogens is 7. The van der Waals surface area contributed by atoms with Crippen LogP contribution in [0.5, 0.6) is 0 Å². The maximum atomic E-state index is 12.4. The Kier molecular flexibility index (Phi) is 3.90. The van der Waals surface area contributed by atoms with E-state index in [1.54, 1.807) is 0 Å². The van der Waals surface area contributed by atoms with E-state index < -0.39 is 28.3 Å². The lowest BCUT2D eigenvalue weighted by molar-refractivity contribution is -0.140. The van der Waals surface area contributed by atoms with Gasteiger partial charge in [-0.15, -0.1) is 0 Å². The van der Waals surface area contributed by atoms with Gasteiger partial charge in [0.05, 0.1) is 5.56 Å². The van der Waals surface area contributed by atoms with Crippen LogP contribution in [0.15, 0.2) is 10.8 Å². The fraction of sp³-hybridized carbons (Fsp3) is 0.286. The largest absolute Gasteiger partial charge is 0.419 e. The fourth-order valence-corrected chi connectivity index (χ4v) is 2.15. The summed E-state index contributed by atoms with van der Waals surface area (Å²) in [5, 5.41) is 0. The molecule has 1 aromatic rings. The lowest BCUT2D eigenvalue weighted by Gasteiger charge is -2.14. The average molecular weight is 402 g/mol. The molecule has 8 heteroatoms. The molecule has 1 rings (SSSR count). The molecule has 1 heterocycles. The fourth-order valence-electron chi connectivity index (χ4n) is 0.961. The molecule has 0 saturated heterocycles. The molecule has 0 radical (unpaired) electrons. The summed E-state index contributed by atoms with van der Waals surface area (Å²) >= 11 is 3.91. The van der Waals surface area contributed by atoms with Crippen molar-refractivity contribution in [3.05, 3.63) is 25.5 Å². The normalized spacial score (nSPS) is 12.3. The van der Waals surface area contributed by atoms with Gasteiger partial charge >= 0.3 is 6.18 Å². The molecule has 84 valence electrons. The molecule has 0 atom stereocenters. The van der Waals surface area contributed by atoms with Crippen LogP contribution in [0, 0.1) is 3.57 Å².